The van der Waals surface area contributed by atoms with Gasteiger partial charge in [-0.3, -0.25) is 0 Å². The van der Waals surface area contributed by atoms with Crippen LogP contribution in [0.3, 0.4) is 0 Å². The quantitative estimate of drug-likeness (QED) is 0.785. The summed E-state index contributed by atoms with van der Waals surface area (Å²) < 4.78 is 2.36. The van der Waals surface area contributed by atoms with E-state index in [0.717, 1.165) is 13.0 Å². The Morgan fingerprint density at radius 3 is 2.07 bits per heavy atom. The first-order chi connectivity index (χ1) is 6.56. The summed E-state index contributed by atoms with van der Waals surface area (Å²) in [6, 6.07) is 4.79. The van der Waals surface area contributed by atoms with Crippen molar-refractivity contribution in [3.8, 4) is 0 Å². The van der Waals surface area contributed by atoms with Gasteiger partial charge in [-0.25, -0.2) is 0 Å². The van der Waals surface area contributed by atoms with E-state index >= 15 is 0 Å². The zero-order valence-corrected chi connectivity index (χ0v) is 9.75. The number of nitrogens with zero attached hydrogens (tertiary/aromatic N) is 1. The van der Waals surface area contributed by atoms with Crippen molar-refractivity contribution in [2.45, 2.75) is 40.2 Å². The number of aromatic nitrogens is 1. The van der Waals surface area contributed by atoms with E-state index in [2.05, 4.69) is 44.4 Å². The zero-order valence-electron chi connectivity index (χ0n) is 9.75. The highest BCUT2D eigenvalue weighted by molar-refractivity contribution is 5.15. The second kappa shape index (κ2) is 4.65. The molecule has 0 spiro atoms. The van der Waals surface area contributed by atoms with Gasteiger partial charge in [-0.15, -0.1) is 0 Å². The Kier molecular flexibility index (Phi) is 3.76. The highest BCUT2D eigenvalue weighted by atomic mass is 15.0. The van der Waals surface area contributed by atoms with Crippen molar-refractivity contribution < 1.29 is 0 Å². The predicted octanol–water partition coefficient (Wildman–Crippen LogP) is 2.65. The summed E-state index contributed by atoms with van der Waals surface area (Å²) in [5, 5.41) is 0. The highest BCUT2D eigenvalue weighted by Crippen LogP contribution is 2.21. The average molecular weight is 194 g/mol. The van der Waals surface area contributed by atoms with Crippen molar-refractivity contribution in [3.05, 3.63) is 23.5 Å². The second-order valence-corrected chi connectivity index (χ2v) is 4.51. The van der Waals surface area contributed by atoms with Crippen molar-refractivity contribution in [2.24, 2.45) is 11.7 Å². The standard InChI is InChI=1S/C12H22N2/c1-9(2)7-12(8-13)14-10(3)5-6-11(14)4/h5-6,9,12H,7-8,13H2,1-4H3. The van der Waals surface area contributed by atoms with Crippen molar-refractivity contribution in [3.63, 3.8) is 0 Å². The van der Waals surface area contributed by atoms with Crippen LogP contribution in [0.1, 0.15) is 37.7 Å². The SMILES string of the molecule is Cc1ccc(C)n1C(CN)CC(C)C. The van der Waals surface area contributed by atoms with Gasteiger partial charge in [0.15, 0.2) is 0 Å². The van der Waals surface area contributed by atoms with E-state index in [1.807, 2.05) is 0 Å². The van der Waals surface area contributed by atoms with Crippen LogP contribution in [0.15, 0.2) is 12.1 Å². The average Bonchev–Trinajstić information content (AvgIpc) is 2.43. The lowest BCUT2D eigenvalue weighted by Crippen LogP contribution is -2.22. The summed E-state index contributed by atoms with van der Waals surface area (Å²) in [6.45, 7) is 9.52. The van der Waals surface area contributed by atoms with Crippen LogP contribution in [0.4, 0.5) is 0 Å². The molecular formula is C12H22N2. The van der Waals surface area contributed by atoms with Gasteiger partial charge >= 0.3 is 0 Å². The van der Waals surface area contributed by atoms with E-state index in [9.17, 15) is 0 Å². The molecule has 1 aromatic rings. The van der Waals surface area contributed by atoms with Crippen LogP contribution in [0.2, 0.25) is 0 Å². The summed E-state index contributed by atoms with van der Waals surface area (Å²) >= 11 is 0. The smallest absolute Gasteiger partial charge is 0.0460 e. The Morgan fingerprint density at radius 2 is 1.71 bits per heavy atom. The van der Waals surface area contributed by atoms with E-state index in [4.69, 9.17) is 5.73 Å². The van der Waals surface area contributed by atoms with Crippen LogP contribution >= 0.6 is 0 Å². The number of rotatable bonds is 4. The molecule has 1 rings (SSSR count). The van der Waals surface area contributed by atoms with Gasteiger partial charge in [-0.05, 0) is 38.3 Å². The summed E-state index contributed by atoms with van der Waals surface area (Å²) in [7, 11) is 0. The summed E-state index contributed by atoms with van der Waals surface area (Å²) in [4.78, 5) is 0. The topological polar surface area (TPSA) is 30.9 Å². The maximum absolute atomic E-state index is 5.83. The van der Waals surface area contributed by atoms with Gasteiger partial charge in [0, 0.05) is 24.0 Å². The lowest BCUT2D eigenvalue weighted by molar-refractivity contribution is 0.398. The van der Waals surface area contributed by atoms with Crippen LogP contribution in [-0.2, 0) is 0 Å². The molecule has 1 atom stereocenters. The fourth-order valence-electron chi connectivity index (χ4n) is 2.11. The number of hydrogen-bond donors (Lipinski definition) is 1. The summed E-state index contributed by atoms with van der Waals surface area (Å²) in [6.07, 6.45) is 1.16. The Morgan fingerprint density at radius 1 is 1.21 bits per heavy atom. The maximum Gasteiger partial charge on any atom is 0.0460 e. The minimum atomic E-state index is 0.463. The van der Waals surface area contributed by atoms with Gasteiger partial charge in [-0.2, -0.15) is 0 Å². The number of nitrogens with two attached hydrogens (primary N) is 1. The molecule has 0 fully saturated rings. The van der Waals surface area contributed by atoms with E-state index in [1.54, 1.807) is 0 Å². The molecule has 0 amide bonds. The predicted molar refractivity (Wildman–Crippen MR) is 61.5 cm³/mol. The van der Waals surface area contributed by atoms with Crippen LogP contribution in [0.25, 0.3) is 0 Å². The molecule has 2 N–H and O–H groups in total. The molecule has 0 bridgehead atoms. The number of hydrogen-bond acceptors (Lipinski definition) is 1. The molecule has 2 nitrogen and oxygen atoms in total. The molecule has 2 heteroatoms. The molecule has 0 saturated carbocycles. The third-order valence-corrected chi connectivity index (χ3v) is 2.71. The zero-order chi connectivity index (χ0) is 10.7. The molecule has 1 heterocycles. The van der Waals surface area contributed by atoms with Crippen LogP contribution in [-0.4, -0.2) is 11.1 Å². The van der Waals surface area contributed by atoms with Crippen molar-refractivity contribution >= 4 is 0 Å². The molecule has 0 radical (unpaired) electrons. The van der Waals surface area contributed by atoms with E-state index < -0.39 is 0 Å². The fraction of sp³-hybridized carbons (Fsp3) is 0.667. The van der Waals surface area contributed by atoms with Crippen LogP contribution < -0.4 is 5.73 Å². The van der Waals surface area contributed by atoms with Gasteiger partial charge in [0.05, 0.1) is 0 Å². The van der Waals surface area contributed by atoms with Gasteiger partial charge in [0.1, 0.15) is 0 Å². The largest absolute Gasteiger partial charge is 0.345 e. The van der Waals surface area contributed by atoms with E-state index in [-0.39, 0.29) is 0 Å². The Hall–Kier alpha value is -0.760. The molecular weight excluding hydrogens is 172 g/mol. The molecule has 80 valence electrons. The normalized spacial score (nSPS) is 13.6. The Balaban J connectivity index is 2.88. The first kappa shape index (κ1) is 11.3. The van der Waals surface area contributed by atoms with Crippen molar-refractivity contribution in [2.75, 3.05) is 6.54 Å². The lowest BCUT2D eigenvalue weighted by atomic mass is 10.0. The molecule has 0 aromatic carbocycles. The first-order valence-electron chi connectivity index (χ1n) is 5.40. The molecule has 0 aliphatic rings. The highest BCUT2D eigenvalue weighted by Gasteiger charge is 2.13. The van der Waals surface area contributed by atoms with Crippen LogP contribution in [0.5, 0.6) is 0 Å². The van der Waals surface area contributed by atoms with Crippen molar-refractivity contribution in [1.82, 2.24) is 4.57 Å². The molecule has 0 aliphatic carbocycles. The lowest BCUT2D eigenvalue weighted by Gasteiger charge is -2.22. The molecule has 0 aliphatic heterocycles. The van der Waals surface area contributed by atoms with E-state index in [1.165, 1.54) is 11.4 Å². The Labute approximate surface area is 87.1 Å². The van der Waals surface area contributed by atoms with Crippen molar-refractivity contribution in [1.29, 1.82) is 0 Å². The number of aryl methyl sites for hydroxylation is 2. The third kappa shape index (κ3) is 2.38. The van der Waals surface area contributed by atoms with Gasteiger partial charge < -0.3 is 10.3 Å². The second-order valence-electron chi connectivity index (χ2n) is 4.51. The van der Waals surface area contributed by atoms with E-state index in [0.29, 0.717) is 12.0 Å². The van der Waals surface area contributed by atoms with Gasteiger partial charge in [-0.1, -0.05) is 13.8 Å². The maximum atomic E-state index is 5.83. The minimum Gasteiger partial charge on any atom is -0.345 e. The third-order valence-electron chi connectivity index (χ3n) is 2.71. The first-order valence-corrected chi connectivity index (χ1v) is 5.40. The summed E-state index contributed by atoms with van der Waals surface area (Å²) in [5.41, 5.74) is 8.47. The Bertz CT molecular complexity index is 267. The van der Waals surface area contributed by atoms with Gasteiger partial charge in [0.2, 0.25) is 0 Å². The van der Waals surface area contributed by atoms with Gasteiger partial charge in [0.25, 0.3) is 0 Å². The molecule has 0 saturated heterocycles. The molecule has 1 aromatic heterocycles. The molecule has 1 unspecified atom stereocenters. The van der Waals surface area contributed by atoms with Crippen LogP contribution in [0, 0.1) is 19.8 Å². The minimum absolute atomic E-state index is 0.463. The summed E-state index contributed by atoms with van der Waals surface area (Å²) in [5.74, 6) is 0.699. The fourth-order valence-corrected chi connectivity index (χ4v) is 2.11. The molecule has 14 heavy (non-hydrogen) atoms. The monoisotopic (exact) mass is 194 g/mol.